The molecule has 0 bridgehead atoms. The number of sulfonamides is 1. The number of ether oxygens (including phenoxy) is 1. The predicted molar refractivity (Wildman–Crippen MR) is 169 cm³/mol. The first kappa shape index (κ1) is 31.9. The second-order valence-electron chi connectivity index (χ2n) is 9.61. The molecule has 0 fully saturated rings. The third-order valence-corrected chi connectivity index (χ3v) is 9.10. The normalized spacial score (nSPS) is 11.8. The van der Waals surface area contributed by atoms with Crippen molar-refractivity contribution in [2.45, 2.75) is 23.9 Å². The van der Waals surface area contributed by atoms with E-state index in [1.807, 2.05) is 30.3 Å². The third-order valence-electron chi connectivity index (χ3n) is 6.79. The first-order chi connectivity index (χ1) is 20.6. The van der Waals surface area contributed by atoms with E-state index in [0.29, 0.717) is 16.3 Å². The Bertz CT molecular complexity index is 1670. The molecule has 43 heavy (non-hydrogen) atoms. The van der Waals surface area contributed by atoms with E-state index in [2.05, 4.69) is 5.32 Å². The number of carbonyl (C=O) groups excluding carboxylic acids is 2. The van der Waals surface area contributed by atoms with Crippen molar-refractivity contribution in [1.29, 1.82) is 0 Å². The van der Waals surface area contributed by atoms with Crippen molar-refractivity contribution in [3.8, 4) is 5.75 Å². The van der Waals surface area contributed by atoms with Crippen molar-refractivity contribution < 1.29 is 22.7 Å². The number of nitrogens with one attached hydrogen (secondary N) is 1. The molecular formula is C32H31Cl2N3O5S. The predicted octanol–water partition coefficient (Wildman–Crippen LogP) is 5.58. The molecule has 11 heteroatoms. The highest BCUT2D eigenvalue weighted by Gasteiger charge is 2.35. The highest BCUT2D eigenvalue weighted by molar-refractivity contribution is 7.92. The number of halogens is 2. The molecular weight excluding hydrogens is 609 g/mol. The maximum Gasteiger partial charge on any atom is 0.264 e. The van der Waals surface area contributed by atoms with Crippen LogP contribution < -0.4 is 14.4 Å². The summed E-state index contributed by atoms with van der Waals surface area (Å²) in [6, 6.07) is 27.5. The number of likely N-dealkylation sites (N-methyl/N-ethyl adjacent to an activating group) is 1. The van der Waals surface area contributed by atoms with E-state index in [1.54, 1.807) is 42.5 Å². The van der Waals surface area contributed by atoms with Crippen LogP contribution in [0.4, 0.5) is 5.69 Å². The Kier molecular flexibility index (Phi) is 10.7. The van der Waals surface area contributed by atoms with Crippen molar-refractivity contribution >= 4 is 50.7 Å². The van der Waals surface area contributed by atoms with Crippen molar-refractivity contribution in [2.75, 3.05) is 25.0 Å². The molecule has 0 spiro atoms. The molecule has 4 aromatic carbocycles. The SMILES string of the molecule is CNC(=O)[C@H](Cc1ccccc1)N(Cc1cccc(OC)c1)C(=O)CN(c1ccc(Cl)cc1Cl)S(=O)(=O)c1ccccc1. The third kappa shape index (κ3) is 7.87. The molecule has 8 nitrogen and oxygen atoms in total. The van der Waals surface area contributed by atoms with E-state index in [4.69, 9.17) is 27.9 Å². The average molecular weight is 641 g/mol. The summed E-state index contributed by atoms with van der Waals surface area (Å²) in [5.41, 5.74) is 1.59. The van der Waals surface area contributed by atoms with Crippen LogP contribution in [0, 0.1) is 0 Å². The van der Waals surface area contributed by atoms with Crippen LogP contribution in [-0.4, -0.2) is 51.9 Å². The summed E-state index contributed by atoms with van der Waals surface area (Å²) in [5.74, 6) is -0.439. The van der Waals surface area contributed by atoms with Crippen molar-refractivity contribution in [3.63, 3.8) is 0 Å². The Morgan fingerprint density at radius 2 is 1.51 bits per heavy atom. The second-order valence-corrected chi connectivity index (χ2v) is 12.3. The fourth-order valence-electron chi connectivity index (χ4n) is 4.60. The van der Waals surface area contributed by atoms with Gasteiger partial charge in [0.25, 0.3) is 10.0 Å². The number of carbonyl (C=O) groups is 2. The van der Waals surface area contributed by atoms with Gasteiger partial charge in [0, 0.05) is 25.0 Å². The summed E-state index contributed by atoms with van der Waals surface area (Å²) in [6.45, 7) is -0.626. The molecule has 0 aliphatic rings. The molecule has 4 aromatic rings. The maximum absolute atomic E-state index is 14.3. The Morgan fingerprint density at radius 3 is 2.14 bits per heavy atom. The lowest BCUT2D eigenvalue weighted by molar-refractivity contribution is -0.139. The fourth-order valence-corrected chi connectivity index (χ4v) is 6.62. The largest absolute Gasteiger partial charge is 0.497 e. The van der Waals surface area contributed by atoms with Gasteiger partial charge in [-0.3, -0.25) is 13.9 Å². The van der Waals surface area contributed by atoms with E-state index in [0.717, 1.165) is 9.87 Å². The molecule has 1 atom stereocenters. The number of methoxy groups -OCH3 is 1. The van der Waals surface area contributed by atoms with Gasteiger partial charge in [-0.1, -0.05) is 83.9 Å². The molecule has 0 aromatic heterocycles. The summed E-state index contributed by atoms with van der Waals surface area (Å²) in [5, 5.41) is 3.01. The molecule has 0 saturated heterocycles. The van der Waals surface area contributed by atoms with E-state index in [1.165, 1.54) is 49.4 Å². The van der Waals surface area contributed by atoms with Gasteiger partial charge >= 0.3 is 0 Å². The van der Waals surface area contributed by atoms with Gasteiger partial charge in [0.15, 0.2) is 0 Å². The number of hydrogen-bond donors (Lipinski definition) is 1. The topological polar surface area (TPSA) is 96.0 Å². The van der Waals surface area contributed by atoms with E-state index in [-0.39, 0.29) is 28.6 Å². The number of anilines is 1. The first-order valence-electron chi connectivity index (χ1n) is 13.3. The Hall–Kier alpha value is -4.05. The summed E-state index contributed by atoms with van der Waals surface area (Å²) < 4.78 is 34.3. The Labute approximate surface area is 261 Å². The zero-order valence-electron chi connectivity index (χ0n) is 23.6. The minimum atomic E-state index is -4.27. The van der Waals surface area contributed by atoms with E-state index < -0.39 is 34.4 Å². The van der Waals surface area contributed by atoms with Crippen LogP contribution >= 0.6 is 23.2 Å². The highest BCUT2D eigenvalue weighted by atomic mass is 35.5. The van der Waals surface area contributed by atoms with Crippen LogP contribution in [0.2, 0.25) is 10.0 Å². The second kappa shape index (κ2) is 14.4. The molecule has 2 amide bonds. The first-order valence-corrected chi connectivity index (χ1v) is 15.5. The summed E-state index contributed by atoms with van der Waals surface area (Å²) in [4.78, 5) is 29.0. The van der Waals surface area contributed by atoms with Gasteiger partial charge in [0.2, 0.25) is 11.8 Å². The minimum Gasteiger partial charge on any atom is -0.497 e. The Morgan fingerprint density at radius 1 is 0.860 bits per heavy atom. The van der Waals surface area contributed by atoms with Gasteiger partial charge in [-0.25, -0.2) is 8.42 Å². The molecule has 0 unspecified atom stereocenters. The van der Waals surface area contributed by atoms with Gasteiger partial charge in [-0.05, 0) is 53.6 Å². The number of nitrogens with zero attached hydrogens (tertiary/aromatic N) is 2. The van der Waals surface area contributed by atoms with Gasteiger partial charge in [-0.15, -0.1) is 0 Å². The number of hydrogen-bond acceptors (Lipinski definition) is 5. The molecule has 4 rings (SSSR count). The zero-order valence-corrected chi connectivity index (χ0v) is 25.9. The zero-order chi connectivity index (χ0) is 31.0. The molecule has 1 N–H and O–H groups in total. The van der Waals surface area contributed by atoms with Gasteiger partial charge < -0.3 is 15.0 Å². The smallest absolute Gasteiger partial charge is 0.264 e. The lowest BCUT2D eigenvalue weighted by atomic mass is 10.0. The Balaban J connectivity index is 1.81. The van der Waals surface area contributed by atoms with Crippen LogP contribution in [-0.2, 0) is 32.6 Å². The number of benzene rings is 4. The summed E-state index contributed by atoms with van der Waals surface area (Å²) in [7, 11) is -1.25. The van der Waals surface area contributed by atoms with Gasteiger partial charge in [0.05, 0.1) is 22.7 Å². The van der Waals surface area contributed by atoms with Crippen molar-refractivity contribution in [2.24, 2.45) is 0 Å². The van der Waals surface area contributed by atoms with Crippen LogP contribution in [0.1, 0.15) is 11.1 Å². The highest BCUT2D eigenvalue weighted by Crippen LogP contribution is 2.33. The molecule has 0 saturated carbocycles. The van der Waals surface area contributed by atoms with Gasteiger partial charge in [0.1, 0.15) is 18.3 Å². The fraction of sp³-hybridized carbons (Fsp3) is 0.188. The lowest BCUT2D eigenvalue weighted by Crippen LogP contribution is -2.53. The summed E-state index contributed by atoms with van der Waals surface area (Å²) in [6.07, 6.45) is 0.198. The molecule has 224 valence electrons. The van der Waals surface area contributed by atoms with Crippen molar-refractivity contribution in [1.82, 2.24) is 10.2 Å². The standard InChI is InChI=1S/C32H31Cl2N3O5S/c1-35-32(39)30(19-23-10-5-3-6-11-23)36(21-24-12-9-13-26(18-24)42-2)31(38)22-37(29-17-16-25(33)20-28(29)34)43(40,41)27-14-7-4-8-15-27/h3-18,20,30H,19,21-22H2,1-2H3,(H,35,39)/t30-/m0/s1. The monoisotopic (exact) mass is 639 g/mol. The quantitative estimate of drug-likeness (QED) is 0.218. The molecule has 0 radical (unpaired) electrons. The van der Waals surface area contributed by atoms with Crippen LogP contribution in [0.5, 0.6) is 5.75 Å². The van der Waals surface area contributed by atoms with Crippen molar-refractivity contribution in [3.05, 3.63) is 124 Å². The maximum atomic E-state index is 14.3. The number of rotatable bonds is 12. The molecule has 0 aliphatic carbocycles. The minimum absolute atomic E-state index is 0.00846. The number of amides is 2. The molecule has 0 aliphatic heterocycles. The van der Waals surface area contributed by atoms with E-state index >= 15 is 0 Å². The van der Waals surface area contributed by atoms with E-state index in [9.17, 15) is 18.0 Å². The molecule has 0 heterocycles. The van der Waals surface area contributed by atoms with Gasteiger partial charge in [-0.2, -0.15) is 0 Å². The van der Waals surface area contributed by atoms with Crippen LogP contribution in [0.15, 0.2) is 108 Å². The average Bonchev–Trinajstić information content (AvgIpc) is 3.02. The van der Waals surface area contributed by atoms with Crippen LogP contribution in [0.25, 0.3) is 0 Å². The van der Waals surface area contributed by atoms with Crippen LogP contribution in [0.3, 0.4) is 0 Å². The summed E-state index contributed by atoms with van der Waals surface area (Å²) >= 11 is 12.6. The lowest BCUT2D eigenvalue weighted by Gasteiger charge is -2.33.